The van der Waals surface area contributed by atoms with E-state index < -0.39 is 23.9 Å². The smallest absolute Gasteiger partial charge is 0.338 e. The largest absolute Gasteiger partial charge is 0.466 e. The van der Waals surface area contributed by atoms with Crippen LogP contribution in [0.2, 0.25) is 5.02 Å². The Bertz CT molecular complexity index is 1050. The van der Waals surface area contributed by atoms with Crippen molar-refractivity contribution in [1.82, 2.24) is 15.5 Å². The number of amides is 2. The Labute approximate surface area is 190 Å². The number of piperazine rings is 1. The molecule has 2 heterocycles. The topological polar surface area (TPSA) is 73.9 Å². The molecule has 1 fully saturated rings. The van der Waals surface area contributed by atoms with Crippen molar-refractivity contribution in [3.63, 3.8) is 0 Å². The molecule has 0 saturated carbocycles. The van der Waals surface area contributed by atoms with E-state index in [-0.39, 0.29) is 5.57 Å². The molecule has 2 aliphatic heterocycles. The highest BCUT2D eigenvalue weighted by Gasteiger charge is 2.34. The summed E-state index contributed by atoms with van der Waals surface area (Å²) in [7, 11) is 1.29. The zero-order valence-corrected chi connectivity index (χ0v) is 18.4. The van der Waals surface area contributed by atoms with E-state index >= 15 is 0 Å². The van der Waals surface area contributed by atoms with Gasteiger partial charge in [0, 0.05) is 38.4 Å². The molecule has 32 heavy (non-hydrogen) atoms. The van der Waals surface area contributed by atoms with Crippen LogP contribution in [-0.4, -0.2) is 56.7 Å². The third-order valence-corrected chi connectivity index (χ3v) is 6.01. The molecule has 2 aromatic rings. The van der Waals surface area contributed by atoms with Crippen molar-refractivity contribution in [3.8, 4) is 0 Å². The average Bonchev–Trinajstić information content (AvgIpc) is 2.79. The van der Waals surface area contributed by atoms with Crippen molar-refractivity contribution in [2.45, 2.75) is 6.04 Å². The maximum Gasteiger partial charge on any atom is 0.338 e. The van der Waals surface area contributed by atoms with Crippen LogP contribution in [0.15, 0.2) is 59.8 Å². The fourth-order valence-electron chi connectivity index (χ4n) is 4.11. The predicted octanol–water partition coefficient (Wildman–Crippen LogP) is 3.08. The van der Waals surface area contributed by atoms with Crippen LogP contribution in [0.3, 0.4) is 0 Å². The van der Waals surface area contributed by atoms with Gasteiger partial charge < -0.3 is 20.3 Å². The Hall–Kier alpha value is -3.10. The van der Waals surface area contributed by atoms with Gasteiger partial charge in [0.15, 0.2) is 0 Å². The van der Waals surface area contributed by atoms with Gasteiger partial charge >= 0.3 is 12.0 Å². The summed E-state index contributed by atoms with van der Waals surface area (Å²) in [4.78, 5) is 29.4. The molecule has 2 amide bonds. The van der Waals surface area contributed by atoms with Crippen LogP contribution >= 0.6 is 11.6 Å². The number of para-hydroxylation sites is 1. The van der Waals surface area contributed by atoms with Crippen molar-refractivity contribution in [3.05, 3.63) is 76.2 Å². The summed E-state index contributed by atoms with van der Waals surface area (Å²) in [6, 6.07) is 12.3. The van der Waals surface area contributed by atoms with E-state index in [2.05, 4.69) is 20.4 Å². The summed E-state index contributed by atoms with van der Waals surface area (Å²) in [6.45, 7) is 3.31. The second-order valence-electron chi connectivity index (χ2n) is 7.68. The number of ether oxygens (including phenoxy) is 1. The van der Waals surface area contributed by atoms with Gasteiger partial charge in [-0.3, -0.25) is 4.90 Å². The Morgan fingerprint density at radius 3 is 2.59 bits per heavy atom. The predicted molar refractivity (Wildman–Crippen MR) is 120 cm³/mol. The molecule has 168 valence electrons. The molecule has 2 aliphatic rings. The quantitative estimate of drug-likeness (QED) is 0.674. The SMILES string of the molecule is COC(=O)C1=C(CN2CCN(c3ccccc3Cl)CC2)NC(=O)N[C@H]1c1cccc(F)c1. The van der Waals surface area contributed by atoms with Gasteiger partial charge in [-0.15, -0.1) is 0 Å². The van der Waals surface area contributed by atoms with Crippen LogP contribution in [0.25, 0.3) is 0 Å². The number of nitrogens with zero attached hydrogens (tertiary/aromatic N) is 2. The summed E-state index contributed by atoms with van der Waals surface area (Å²) >= 11 is 6.33. The van der Waals surface area contributed by atoms with Crippen LogP contribution in [-0.2, 0) is 9.53 Å². The molecule has 7 nitrogen and oxygen atoms in total. The fourth-order valence-corrected chi connectivity index (χ4v) is 4.36. The summed E-state index contributed by atoms with van der Waals surface area (Å²) in [5, 5.41) is 6.17. The maximum absolute atomic E-state index is 13.8. The summed E-state index contributed by atoms with van der Waals surface area (Å²) in [5.41, 5.74) is 2.19. The lowest BCUT2D eigenvalue weighted by atomic mass is 9.95. The molecule has 9 heteroatoms. The second-order valence-corrected chi connectivity index (χ2v) is 8.09. The van der Waals surface area contributed by atoms with Gasteiger partial charge in [-0.25, -0.2) is 14.0 Å². The van der Waals surface area contributed by atoms with Gasteiger partial charge in [0.05, 0.1) is 29.4 Å². The average molecular weight is 459 g/mol. The number of methoxy groups -OCH3 is 1. The normalized spacial score (nSPS) is 19.4. The van der Waals surface area contributed by atoms with Gasteiger partial charge in [0.2, 0.25) is 0 Å². The van der Waals surface area contributed by atoms with Crippen molar-refractivity contribution in [1.29, 1.82) is 0 Å². The Kier molecular flexibility index (Phi) is 6.62. The molecular formula is C23H24ClFN4O3. The molecule has 4 rings (SSSR count). The van der Waals surface area contributed by atoms with Crippen LogP contribution < -0.4 is 15.5 Å². The van der Waals surface area contributed by atoms with E-state index in [0.29, 0.717) is 22.8 Å². The van der Waals surface area contributed by atoms with Crippen molar-refractivity contribution in [2.75, 3.05) is 44.7 Å². The van der Waals surface area contributed by atoms with E-state index in [4.69, 9.17) is 16.3 Å². The molecule has 0 aliphatic carbocycles. The maximum atomic E-state index is 13.8. The molecule has 2 aromatic carbocycles. The van der Waals surface area contributed by atoms with E-state index in [9.17, 15) is 14.0 Å². The third-order valence-electron chi connectivity index (χ3n) is 5.69. The van der Waals surface area contributed by atoms with E-state index in [0.717, 1.165) is 31.9 Å². The minimum atomic E-state index is -0.800. The second kappa shape index (κ2) is 9.58. The first-order valence-corrected chi connectivity index (χ1v) is 10.7. The van der Waals surface area contributed by atoms with E-state index in [1.165, 1.54) is 19.2 Å². The third kappa shape index (κ3) is 4.71. The number of halogens is 2. The highest BCUT2D eigenvalue weighted by molar-refractivity contribution is 6.33. The molecule has 0 spiro atoms. The summed E-state index contributed by atoms with van der Waals surface area (Å²) < 4.78 is 18.8. The number of nitrogens with one attached hydrogen (secondary N) is 2. The van der Waals surface area contributed by atoms with Crippen molar-refractivity contribution < 1.29 is 18.7 Å². The molecule has 0 unspecified atom stereocenters. The number of carbonyl (C=O) groups excluding carboxylic acids is 2. The lowest BCUT2D eigenvalue weighted by Crippen LogP contribution is -2.51. The highest BCUT2D eigenvalue weighted by Crippen LogP contribution is 2.29. The number of hydrogen-bond donors (Lipinski definition) is 2. The molecule has 0 aromatic heterocycles. The van der Waals surface area contributed by atoms with Crippen molar-refractivity contribution >= 4 is 29.3 Å². The minimum absolute atomic E-state index is 0.270. The Balaban J connectivity index is 1.55. The van der Waals surface area contributed by atoms with Gasteiger partial charge in [0.25, 0.3) is 0 Å². The summed E-state index contributed by atoms with van der Waals surface area (Å²) in [5.74, 6) is -1.02. The monoisotopic (exact) mass is 458 g/mol. The van der Waals surface area contributed by atoms with Gasteiger partial charge in [-0.1, -0.05) is 35.9 Å². The van der Waals surface area contributed by atoms with E-state index in [1.807, 2.05) is 24.3 Å². The van der Waals surface area contributed by atoms with Crippen molar-refractivity contribution in [2.24, 2.45) is 0 Å². The number of rotatable bonds is 5. The zero-order valence-electron chi connectivity index (χ0n) is 17.6. The van der Waals surface area contributed by atoms with Crippen LogP contribution in [0.1, 0.15) is 11.6 Å². The number of hydrogen-bond acceptors (Lipinski definition) is 5. The first-order chi connectivity index (χ1) is 15.5. The summed E-state index contributed by atoms with van der Waals surface area (Å²) in [6.07, 6.45) is 0. The first kappa shape index (κ1) is 22.1. The molecule has 0 bridgehead atoms. The van der Waals surface area contributed by atoms with Gasteiger partial charge in [-0.2, -0.15) is 0 Å². The molecule has 2 N–H and O–H groups in total. The van der Waals surface area contributed by atoms with Crippen LogP contribution in [0.4, 0.5) is 14.9 Å². The molecule has 1 saturated heterocycles. The zero-order chi connectivity index (χ0) is 22.7. The first-order valence-electron chi connectivity index (χ1n) is 10.3. The number of urea groups is 1. The molecule has 1 atom stereocenters. The number of esters is 1. The van der Waals surface area contributed by atoms with Crippen LogP contribution in [0.5, 0.6) is 0 Å². The minimum Gasteiger partial charge on any atom is -0.466 e. The fraction of sp³-hybridized carbons (Fsp3) is 0.304. The number of benzene rings is 2. The van der Waals surface area contributed by atoms with E-state index in [1.54, 1.807) is 12.1 Å². The van der Waals surface area contributed by atoms with Crippen LogP contribution in [0, 0.1) is 5.82 Å². The Morgan fingerprint density at radius 2 is 1.91 bits per heavy atom. The molecular weight excluding hydrogens is 435 g/mol. The number of carbonyl (C=O) groups is 2. The highest BCUT2D eigenvalue weighted by atomic mass is 35.5. The van der Waals surface area contributed by atoms with Gasteiger partial charge in [0.1, 0.15) is 5.82 Å². The lowest BCUT2D eigenvalue weighted by Gasteiger charge is -2.38. The number of anilines is 1. The lowest BCUT2D eigenvalue weighted by molar-refractivity contribution is -0.136. The van der Waals surface area contributed by atoms with Gasteiger partial charge in [-0.05, 0) is 29.8 Å². The standard InChI is InChI=1S/C23H24ClFN4O3/c1-32-22(30)20-18(26-23(31)27-21(20)15-5-4-6-16(25)13-15)14-28-9-11-29(12-10-28)19-8-3-2-7-17(19)24/h2-8,13,21H,9-12,14H2,1H3,(H2,26,27,31)/t21-/m0/s1. The Morgan fingerprint density at radius 1 is 1.16 bits per heavy atom. The molecule has 0 radical (unpaired) electrons.